The number of fused-ring (bicyclic) bond motifs is 1. The maximum Gasteiger partial charge on any atom is 0.586 e. The second-order valence-corrected chi connectivity index (χ2v) is 11.1. The van der Waals surface area contributed by atoms with Crippen LogP contribution in [-0.4, -0.2) is 84.4 Å². The number of alkyl halides is 2. The van der Waals surface area contributed by atoms with Gasteiger partial charge in [-0.3, -0.25) is 4.79 Å². The maximum atomic E-state index is 14.1. The van der Waals surface area contributed by atoms with Crippen LogP contribution in [0.15, 0.2) is 24.8 Å². The van der Waals surface area contributed by atoms with E-state index in [1.165, 1.54) is 12.1 Å². The molecular formula is C28H30F2N6O4. The molecule has 0 saturated carbocycles. The zero-order valence-electron chi connectivity index (χ0n) is 22.5. The van der Waals surface area contributed by atoms with Gasteiger partial charge >= 0.3 is 12.3 Å². The molecule has 210 valence electrons. The molecule has 3 fully saturated rings. The van der Waals surface area contributed by atoms with Gasteiger partial charge in [0.2, 0.25) is 5.91 Å². The van der Waals surface area contributed by atoms with Crippen LogP contribution in [0, 0.1) is 23.7 Å². The number of likely N-dealkylation sites (tertiary alicyclic amines) is 2. The quantitative estimate of drug-likeness (QED) is 0.499. The summed E-state index contributed by atoms with van der Waals surface area (Å²) in [5.41, 5.74) is 0.982. The van der Waals surface area contributed by atoms with Crippen LogP contribution in [0.4, 0.5) is 14.6 Å². The van der Waals surface area contributed by atoms with Crippen molar-refractivity contribution in [2.75, 3.05) is 51.3 Å². The van der Waals surface area contributed by atoms with Crippen molar-refractivity contribution in [1.82, 2.24) is 19.8 Å². The Morgan fingerprint density at radius 2 is 2.08 bits per heavy atom. The average Bonchev–Trinajstić information content (AvgIpc) is 3.61. The Labute approximate surface area is 230 Å². The number of amides is 1. The first-order chi connectivity index (χ1) is 19.1. The number of likely N-dealkylation sites (N-methyl/N-ethyl adjacent to an activating group) is 1. The van der Waals surface area contributed by atoms with E-state index in [0.717, 1.165) is 25.8 Å². The number of nitrogens with zero attached hydrogens (tertiary/aromatic N) is 6. The molecule has 12 heteroatoms. The van der Waals surface area contributed by atoms with Gasteiger partial charge < -0.3 is 28.9 Å². The van der Waals surface area contributed by atoms with Gasteiger partial charge in [-0.1, -0.05) is 12.6 Å². The summed E-state index contributed by atoms with van der Waals surface area (Å²) >= 11 is 0. The standard InChI is InChI=1S/C28H30F2N6O4/c1-4-21(37)36-15-27(16-36)9-11-35(14-27)25-19(12-31)23(32-26(33-25)38-13-18-6-5-10-34(18)3)22-17(2)7-8-20-24(22)40-28(29,30)39-20/h4,7-8,18H,1,5-6,9-11,13-16H2,2-3H3. The van der Waals surface area contributed by atoms with Gasteiger partial charge in [-0.25, -0.2) is 0 Å². The molecule has 0 bridgehead atoms. The van der Waals surface area contributed by atoms with E-state index in [9.17, 15) is 18.8 Å². The monoisotopic (exact) mass is 552 g/mol. The summed E-state index contributed by atoms with van der Waals surface area (Å²) in [7, 11) is 2.04. The van der Waals surface area contributed by atoms with Crippen molar-refractivity contribution >= 4 is 11.7 Å². The molecule has 6 rings (SSSR count). The molecule has 40 heavy (non-hydrogen) atoms. The van der Waals surface area contributed by atoms with E-state index in [4.69, 9.17) is 14.2 Å². The fourth-order valence-corrected chi connectivity index (χ4v) is 6.19. The van der Waals surface area contributed by atoms with E-state index in [2.05, 4.69) is 27.5 Å². The third-order valence-corrected chi connectivity index (χ3v) is 8.35. The number of benzene rings is 1. The largest absolute Gasteiger partial charge is 0.586 e. The number of nitriles is 1. The number of aromatic nitrogens is 2. The van der Waals surface area contributed by atoms with Crippen LogP contribution in [0.25, 0.3) is 11.3 Å². The molecule has 5 heterocycles. The van der Waals surface area contributed by atoms with Gasteiger partial charge in [-0.2, -0.15) is 15.2 Å². The highest BCUT2D eigenvalue weighted by atomic mass is 19.3. The molecule has 4 aliphatic rings. The van der Waals surface area contributed by atoms with Crippen molar-refractivity contribution in [2.24, 2.45) is 5.41 Å². The molecule has 1 spiro atoms. The molecule has 1 amide bonds. The Kier molecular flexibility index (Phi) is 6.29. The Hall–Kier alpha value is -3.98. The molecule has 1 unspecified atom stereocenters. The summed E-state index contributed by atoms with van der Waals surface area (Å²) in [6.45, 7) is 9.00. The lowest BCUT2D eigenvalue weighted by Crippen LogP contribution is -2.59. The molecule has 0 radical (unpaired) electrons. The zero-order valence-corrected chi connectivity index (χ0v) is 22.5. The lowest BCUT2D eigenvalue weighted by Gasteiger charge is -2.47. The second kappa shape index (κ2) is 9.59. The molecule has 0 aliphatic carbocycles. The smallest absolute Gasteiger partial charge is 0.462 e. The van der Waals surface area contributed by atoms with Gasteiger partial charge in [0.15, 0.2) is 17.3 Å². The number of ether oxygens (including phenoxy) is 3. The molecule has 0 N–H and O–H groups in total. The van der Waals surface area contributed by atoms with E-state index >= 15 is 0 Å². The van der Waals surface area contributed by atoms with E-state index in [0.29, 0.717) is 44.2 Å². The lowest BCUT2D eigenvalue weighted by atomic mass is 9.79. The number of aryl methyl sites for hydroxylation is 1. The lowest BCUT2D eigenvalue weighted by molar-refractivity contribution is -0.286. The van der Waals surface area contributed by atoms with Crippen LogP contribution >= 0.6 is 0 Å². The number of hydrogen-bond acceptors (Lipinski definition) is 9. The van der Waals surface area contributed by atoms with Crippen LogP contribution in [0.1, 0.15) is 30.4 Å². The third kappa shape index (κ3) is 4.48. The van der Waals surface area contributed by atoms with E-state index in [1.54, 1.807) is 17.9 Å². The van der Waals surface area contributed by atoms with Crippen molar-refractivity contribution in [2.45, 2.75) is 38.5 Å². The molecule has 1 aromatic heterocycles. The molecule has 4 aliphatic heterocycles. The first-order valence-electron chi connectivity index (χ1n) is 13.3. The topological polar surface area (TPSA) is 104 Å². The minimum absolute atomic E-state index is 0.0602. The van der Waals surface area contributed by atoms with Crippen LogP contribution in [0.3, 0.4) is 0 Å². The number of carbonyl (C=O) groups excluding carboxylic acids is 1. The summed E-state index contributed by atoms with van der Waals surface area (Å²) in [5.74, 6) is -0.0456. The predicted octanol–water partition coefficient (Wildman–Crippen LogP) is 3.34. The number of carbonyl (C=O) groups is 1. The molecule has 10 nitrogen and oxygen atoms in total. The van der Waals surface area contributed by atoms with Crippen LogP contribution in [0.5, 0.6) is 17.5 Å². The zero-order chi connectivity index (χ0) is 28.2. The molecule has 2 aromatic rings. The van der Waals surface area contributed by atoms with Gasteiger partial charge in [-0.15, -0.1) is 8.78 Å². The summed E-state index contributed by atoms with van der Waals surface area (Å²) in [6, 6.07) is 5.51. The van der Waals surface area contributed by atoms with Crippen LogP contribution < -0.4 is 19.1 Å². The Morgan fingerprint density at radius 1 is 1.27 bits per heavy atom. The minimum Gasteiger partial charge on any atom is -0.462 e. The fraction of sp³-hybridized carbons (Fsp3) is 0.500. The highest BCUT2D eigenvalue weighted by Crippen LogP contribution is 2.50. The highest BCUT2D eigenvalue weighted by molar-refractivity contribution is 5.88. The van der Waals surface area contributed by atoms with Gasteiger partial charge in [0.25, 0.3) is 0 Å². The molecule has 3 saturated heterocycles. The molecular weight excluding hydrogens is 522 g/mol. The molecule has 1 aromatic carbocycles. The van der Waals surface area contributed by atoms with Gasteiger partial charge in [0.05, 0.1) is 5.56 Å². The number of rotatable bonds is 6. The van der Waals surface area contributed by atoms with Crippen LogP contribution in [-0.2, 0) is 4.79 Å². The van der Waals surface area contributed by atoms with Gasteiger partial charge in [-0.05, 0) is 57.5 Å². The van der Waals surface area contributed by atoms with Crippen molar-refractivity contribution in [3.8, 4) is 34.8 Å². The average molecular weight is 553 g/mol. The van der Waals surface area contributed by atoms with Crippen LogP contribution in [0.2, 0.25) is 0 Å². The Morgan fingerprint density at radius 3 is 2.77 bits per heavy atom. The number of hydrogen-bond donors (Lipinski definition) is 0. The van der Waals surface area contributed by atoms with Crippen molar-refractivity contribution in [1.29, 1.82) is 5.26 Å². The van der Waals surface area contributed by atoms with Crippen molar-refractivity contribution < 1.29 is 27.8 Å². The Bertz CT molecular complexity index is 1420. The number of halogens is 2. The molecule has 1 atom stereocenters. The fourth-order valence-electron chi connectivity index (χ4n) is 6.19. The van der Waals surface area contributed by atoms with Crippen molar-refractivity contribution in [3.05, 3.63) is 35.9 Å². The summed E-state index contributed by atoms with van der Waals surface area (Å²) < 4.78 is 43.9. The minimum atomic E-state index is -3.83. The summed E-state index contributed by atoms with van der Waals surface area (Å²) in [6.07, 6.45) is 0.333. The van der Waals surface area contributed by atoms with E-state index < -0.39 is 6.29 Å². The predicted molar refractivity (Wildman–Crippen MR) is 140 cm³/mol. The van der Waals surface area contributed by atoms with Crippen molar-refractivity contribution in [3.63, 3.8) is 0 Å². The SMILES string of the molecule is C=CC(=O)N1CC2(CCN(c3nc(OCC4CCCN4C)nc(-c4c(C)ccc5c4OC(F)(F)O5)c3C#N)C2)C1. The van der Waals surface area contributed by atoms with E-state index in [-0.39, 0.29) is 51.7 Å². The summed E-state index contributed by atoms with van der Waals surface area (Å²) in [5, 5.41) is 10.4. The highest BCUT2D eigenvalue weighted by Gasteiger charge is 2.50. The maximum absolute atomic E-state index is 14.1. The number of anilines is 1. The third-order valence-electron chi connectivity index (χ3n) is 8.35. The van der Waals surface area contributed by atoms with Gasteiger partial charge in [0, 0.05) is 37.6 Å². The van der Waals surface area contributed by atoms with E-state index in [1.807, 2.05) is 11.9 Å². The first kappa shape index (κ1) is 26.3. The van der Waals surface area contributed by atoms with Gasteiger partial charge in [0.1, 0.15) is 23.9 Å². The second-order valence-electron chi connectivity index (χ2n) is 11.1. The summed E-state index contributed by atoms with van der Waals surface area (Å²) in [4.78, 5) is 27.3. The first-order valence-corrected chi connectivity index (χ1v) is 13.3. The normalized spacial score (nSPS) is 22.3. The Balaban J connectivity index is 1.40.